The second-order valence-electron chi connectivity index (χ2n) is 7.39. The highest BCUT2D eigenvalue weighted by Crippen LogP contribution is 2.36. The molecule has 1 aliphatic carbocycles. The van der Waals surface area contributed by atoms with Crippen LogP contribution >= 0.6 is 0 Å². The van der Waals surface area contributed by atoms with Crippen molar-refractivity contribution in [3.63, 3.8) is 0 Å². The summed E-state index contributed by atoms with van der Waals surface area (Å²) < 4.78 is 28.3. The zero-order valence-electron chi connectivity index (χ0n) is 16.5. The van der Waals surface area contributed by atoms with Gasteiger partial charge in [0.05, 0.1) is 5.71 Å². The van der Waals surface area contributed by atoms with Gasteiger partial charge in [0.25, 0.3) is 0 Å². The van der Waals surface area contributed by atoms with Crippen LogP contribution in [0.15, 0.2) is 76.8 Å². The molecule has 0 radical (unpaired) electrons. The Balaban J connectivity index is 2.05. The molecule has 3 rings (SSSR count). The fraction of sp³-hybridized carbons (Fsp3) is 0.250. The maximum absolute atomic E-state index is 14.9. The fourth-order valence-corrected chi connectivity index (χ4v) is 5.58. The summed E-state index contributed by atoms with van der Waals surface area (Å²) in [4.78, 5) is 5.03. The summed E-state index contributed by atoms with van der Waals surface area (Å²) in [6, 6.07) is 12.5. The van der Waals surface area contributed by atoms with Gasteiger partial charge in [-0.2, -0.15) is 0 Å². The lowest BCUT2D eigenvalue weighted by Gasteiger charge is -2.30. The van der Waals surface area contributed by atoms with Crippen LogP contribution in [0.25, 0.3) is 11.1 Å². The van der Waals surface area contributed by atoms with E-state index in [1.807, 2.05) is 44.2 Å². The van der Waals surface area contributed by atoms with Crippen LogP contribution in [0.1, 0.15) is 38.7 Å². The smallest absolute Gasteiger partial charge is 0.133 e. The third-order valence-electron chi connectivity index (χ3n) is 5.06. The molecular weight excluding hydrogens is 369 g/mol. The molecule has 0 N–H and O–H groups in total. The largest absolute Gasteiger partial charge is 0.263 e. The van der Waals surface area contributed by atoms with Gasteiger partial charge in [-0.3, -0.25) is 9.20 Å². The number of hydrogen-bond donors (Lipinski definition) is 0. The van der Waals surface area contributed by atoms with Crippen molar-refractivity contribution >= 4 is 21.1 Å². The van der Waals surface area contributed by atoms with Gasteiger partial charge in [-0.15, -0.1) is 0 Å². The molecule has 0 saturated heterocycles. The molecule has 4 heteroatoms. The second-order valence-corrected chi connectivity index (χ2v) is 9.95. The highest BCUT2D eigenvalue weighted by Gasteiger charge is 2.29. The monoisotopic (exact) mass is 395 g/mol. The van der Waals surface area contributed by atoms with E-state index in [4.69, 9.17) is 0 Å². The number of allylic oxidation sites excluding steroid dienone is 2. The van der Waals surface area contributed by atoms with Crippen molar-refractivity contribution in [1.82, 2.24) is 0 Å². The predicted octanol–water partition coefficient (Wildman–Crippen LogP) is 6.02. The van der Waals surface area contributed by atoms with Crippen molar-refractivity contribution in [3.05, 3.63) is 78.3 Å². The molecule has 146 valence electrons. The van der Waals surface area contributed by atoms with E-state index in [0.29, 0.717) is 21.7 Å². The maximum Gasteiger partial charge on any atom is 0.133 e. The Labute approximate surface area is 167 Å². The van der Waals surface area contributed by atoms with Crippen LogP contribution in [0.4, 0.5) is 4.39 Å². The van der Waals surface area contributed by atoms with Crippen LogP contribution in [0, 0.1) is 5.82 Å². The molecule has 0 aromatic heterocycles. The molecular formula is C24H26FNOS. The van der Waals surface area contributed by atoms with E-state index < -0.39 is 9.52 Å². The van der Waals surface area contributed by atoms with E-state index in [2.05, 4.69) is 17.4 Å². The van der Waals surface area contributed by atoms with Gasteiger partial charge in [-0.05, 0) is 77.5 Å². The Morgan fingerprint density at radius 1 is 1.21 bits per heavy atom. The topological polar surface area (TPSA) is 29.4 Å². The molecule has 2 aromatic carbocycles. The Morgan fingerprint density at radius 2 is 1.93 bits per heavy atom. The third kappa shape index (κ3) is 4.02. The molecule has 0 amide bonds. The molecule has 0 heterocycles. The summed E-state index contributed by atoms with van der Waals surface area (Å²) in [6.07, 6.45) is 6.21. The predicted molar refractivity (Wildman–Crippen MR) is 119 cm³/mol. The average Bonchev–Trinajstić information content (AvgIpc) is 2.61. The molecule has 1 fully saturated rings. The van der Waals surface area contributed by atoms with Gasteiger partial charge in [-0.25, -0.2) is 4.39 Å². The first kappa shape index (κ1) is 20.3. The SMILES string of the molecule is C=CC(=NC=C(C)C)c1ccc(-c2ccccc2S(=C)(=O)C2CCC2)cc1F. The summed E-state index contributed by atoms with van der Waals surface area (Å²) in [5.74, 6) is 3.68. The summed E-state index contributed by atoms with van der Waals surface area (Å²) in [6.45, 7) is 7.60. The normalized spacial score (nSPS) is 16.8. The molecule has 2 nitrogen and oxygen atoms in total. The number of hydrogen-bond acceptors (Lipinski definition) is 2. The summed E-state index contributed by atoms with van der Waals surface area (Å²) in [7, 11) is -2.41. The maximum atomic E-state index is 14.9. The fourth-order valence-electron chi connectivity index (χ4n) is 3.26. The van der Waals surface area contributed by atoms with Crippen molar-refractivity contribution in [1.29, 1.82) is 0 Å². The van der Waals surface area contributed by atoms with Crippen molar-refractivity contribution in [2.75, 3.05) is 0 Å². The van der Waals surface area contributed by atoms with Gasteiger partial charge in [-0.1, -0.05) is 42.8 Å². The van der Waals surface area contributed by atoms with E-state index in [0.717, 1.165) is 30.4 Å². The van der Waals surface area contributed by atoms with Gasteiger partial charge < -0.3 is 0 Å². The first-order valence-electron chi connectivity index (χ1n) is 9.43. The summed E-state index contributed by atoms with van der Waals surface area (Å²) >= 11 is 0. The molecule has 1 unspecified atom stereocenters. The zero-order valence-corrected chi connectivity index (χ0v) is 17.3. The van der Waals surface area contributed by atoms with Crippen LogP contribution in [0.3, 0.4) is 0 Å². The highest BCUT2D eigenvalue weighted by molar-refractivity contribution is 8.01. The van der Waals surface area contributed by atoms with Gasteiger partial charge in [0.15, 0.2) is 0 Å². The molecule has 0 bridgehead atoms. The van der Waals surface area contributed by atoms with Gasteiger partial charge in [0.2, 0.25) is 0 Å². The van der Waals surface area contributed by atoms with Gasteiger partial charge in [0, 0.05) is 21.9 Å². The van der Waals surface area contributed by atoms with Crippen LogP contribution in [-0.2, 0) is 9.52 Å². The highest BCUT2D eigenvalue weighted by atomic mass is 32.2. The Morgan fingerprint density at radius 3 is 2.50 bits per heavy atom. The third-order valence-corrected chi connectivity index (χ3v) is 7.71. The van der Waals surface area contributed by atoms with E-state index >= 15 is 0 Å². The lowest BCUT2D eigenvalue weighted by atomic mass is 10.00. The van der Waals surface area contributed by atoms with Gasteiger partial charge in [0.1, 0.15) is 5.82 Å². The quantitative estimate of drug-likeness (QED) is 0.434. The van der Waals surface area contributed by atoms with Crippen molar-refractivity contribution in [2.45, 2.75) is 43.3 Å². The van der Waals surface area contributed by atoms with E-state index in [9.17, 15) is 8.60 Å². The lowest BCUT2D eigenvalue weighted by molar-refractivity contribution is 0.503. The number of nitrogens with zero attached hydrogens (tertiary/aromatic N) is 1. The number of benzene rings is 2. The molecule has 0 aliphatic heterocycles. The first-order chi connectivity index (χ1) is 13.3. The van der Waals surface area contributed by atoms with Crippen LogP contribution < -0.4 is 0 Å². The molecule has 1 saturated carbocycles. The van der Waals surface area contributed by atoms with Gasteiger partial charge >= 0.3 is 0 Å². The summed E-state index contributed by atoms with van der Waals surface area (Å²) in [5.41, 5.74) is 3.36. The molecule has 1 aliphatic rings. The average molecular weight is 396 g/mol. The minimum atomic E-state index is -2.41. The molecule has 1 atom stereocenters. The first-order valence-corrected chi connectivity index (χ1v) is 11.2. The zero-order chi connectivity index (χ0) is 20.3. The molecule has 0 spiro atoms. The van der Waals surface area contributed by atoms with Crippen LogP contribution in [0.2, 0.25) is 0 Å². The summed E-state index contributed by atoms with van der Waals surface area (Å²) in [5, 5.41) is 0.112. The van der Waals surface area contributed by atoms with Crippen molar-refractivity contribution < 1.29 is 8.60 Å². The Kier molecular flexibility index (Phi) is 5.99. The second kappa shape index (κ2) is 8.27. The van der Waals surface area contributed by atoms with Crippen molar-refractivity contribution in [2.24, 2.45) is 4.99 Å². The lowest BCUT2D eigenvalue weighted by Crippen LogP contribution is -2.28. The molecule has 28 heavy (non-hydrogen) atoms. The number of halogens is 1. The Bertz CT molecular complexity index is 1060. The van der Waals surface area contributed by atoms with Crippen LogP contribution in [-0.4, -0.2) is 21.0 Å². The van der Waals surface area contributed by atoms with E-state index in [-0.39, 0.29) is 11.1 Å². The van der Waals surface area contributed by atoms with Crippen LogP contribution in [0.5, 0.6) is 0 Å². The minimum absolute atomic E-state index is 0.112. The molecule has 2 aromatic rings. The number of rotatable bonds is 6. The van der Waals surface area contributed by atoms with E-state index in [1.54, 1.807) is 18.3 Å². The number of aliphatic imine (C=N–C) groups is 1. The standard InChI is InChI=1S/C24H26FNOS/c1-5-23(26-16-17(2)3)21-14-13-18(15-22(21)25)20-11-6-7-12-24(20)28(4,27)19-9-8-10-19/h5-7,11-16,19H,1,4,8-10H2,2-3H3. The minimum Gasteiger partial charge on any atom is -0.263 e. The van der Waals surface area contributed by atoms with Crippen molar-refractivity contribution in [3.8, 4) is 11.1 Å². The van der Waals surface area contributed by atoms with E-state index in [1.165, 1.54) is 6.07 Å². The Hall–Kier alpha value is -2.46.